The zero-order chi connectivity index (χ0) is 71.8. The number of hydrogen-bond donors (Lipinski definition) is 3. The van der Waals surface area contributed by atoms with Gasteiger partial charge < -0.3 is 33.8 Å². The molecule has 0 fully saturated rings. The molecule has 0 heterocycles. The summed E-state index contributed by atoms with van der Waals surface area (Å²) in [6, 6.07) is 0. The topological polar surface area (TPSA) is 237 Å². The van der Waals surface area contributed by atoms with Crippen molar-refractivity contribution in [3.8, 4) is 0 Å². The van der Waals surface area contributed by atoms with Gasteiger partial charge in [0.1, 0.15) is 19.3 Å². The second-order valence-corrected chi connectivity index (χ2v) is 28.5. The Bertz CT molecular complexity index is 2240. The maximum absolute atomic E-state index is 13.1. The standard InChI is InChI=1S/C79H138O17P2/c1-5-9-13-17-21-25-29-32-34-35-36-37-39-41-45-48-52-56-60-64-77(82)90-70-75(96-79(84)66-62-58-54-50-46-42-38-33-30-26-22-18-14-10-6-2)72-94-98(87,88)92-68-73(80)67-91-97(85,86)93-71-74(95-78(83)65-61-57-53-49-43-28-24-20-16-12-8-4)69-89-76(81)63-59-55-51-47-44-40-31-27-23-19-15-11-7-3/h10,14,20-22,24-26,32-34,36-38,46,50,73-75,80H,5-9,11-13,15-19,23,27-31,35,39-45,47-49,51-72H2,1-4H3,(H,85,86)(H,87,88)/b14-10-,24-20-,25-21-,26-22-,34-32-,37-36-,38-33-,50-46-. The Kier molecular flexibility index (Phi) is 68.4. The Balaban J connectivity index is 5.35. The minimum absolute atomic E-state index is 0.0394. The molecule has 566 valence electrons. The van der Waals surface area contributed by atoms with E-state index in [1.165, 1.54) is 89.9 Å². The van der Waals surface area contributed by atoms with Gasteiger partial charge in [0.15, 0.2) is 12.2 Å². The number of hydrogen-bond acceptors (Lipinski definition) is 15. The van der Waals surface area contributed by atoms with Gasteiger partial charge in [-0.25, -0.2) is 9.13 Å². The smallest absolute Gasteiger partial charge is 0.462 e. The SMILES string of the molecule is CC/C=C\C/C=C\C/C=C\C/C=C\CCCCC(=O)OC(COC(=O)CCCCCCCC/C=C\C/C=C\C/C=C\CCCCC)COP(=O)(O)OCC(O)COP(=O)(O)OCC(COC(=O)CCCCCCCCCCCCCCC)OC(=O)CCCCCCC/C=C\CCCC. The number of rotatable bonds is 72. The molecule has 0 saturated heterocycles. The number of ether oxygens (including phenoxy) is 4. The number of aliphatic hydroxyl groups excluding tert-OH is 1. The molecule has 0 radical (unpaired) electrons. The molecule has 0 aliphatic heterocycles. The zero-order valence-corrected chi connectivity index (χ0v) is 63.5. The molecule has 0 aliphatic rings. The van der Waals surface area contributed by atoms with Crippen LogP contribution in [0.4, 0.5) is 0 Å². The number of esters is 4. The Morgan fingerprint density at radius 3 is 0.898 bits per heavy atom. The van der Waals surface area contributed by atoms with Crippen LogP contribution in [0.2, 0.25) is 0 Å². The first-order chi connectivity index (χ1) is 47.7. The molecule has 98 heavy (non-hydrogen) atoms. The number of aliphatic hydroxyl groups is 1. The van der Waals surface area contributed by atoms with Crippen molar-refractivity contribution >= 4 is 39.5 Å². The minimum Gasteiger partial charge on any atom is -0.462 e. The van der Waals surface area contributed by atoms with Gasteiger partial charge in [-0.1, -0.05) is 273 Å². The molecule has 17 nitrogen and oxygen atoms in total. The Hall–Kier alpha value is -4.02. The van der Waals surface area contributed by atoms with E-state index in [2.05, 4.69) is 125 Å². The van der Waals surface area contributed by atoms with Crippen LogP contribution in [0.25, 0.3) is 0 Å². The van der Waals surface area contributed by atoms with Gasteiger partial charge in [0.25, 0.3) is 0 Å². The summed E-state index contributed by atoms with van der Waals surface area (Å²) in [6.07, 6.45) is 74.0. The average molecular weight is 1420 g/mol. The summed E-state index contributed by atoms with van der Waals surface area (Å²) in [6.45, 7) is 4.64. The van der Waals surface area contributed by atoms with Crippen LogP contribution < -0.4 is 0 Å². The van der Waals surface area contributed by atoms with Crippen molar-refractivity contribution in [3.63, 3.8) is 0 Å². The molecule has 5 atom stereocenters. The lowest BCUT2D eigenvalue weighted by Gasteiger charge is -2.21. The molecule has 0 aromatic rings. The van der Waals surface area contributed by atoms with Crippen molar-refractivity contribution in [3.05, 3.63) is 97.2 Å². The van der Waals surface area contributed by atoms with Crippen molar-refractivity contribution in [2.45, 2.75) is 341 Å². The predicted molar refractivity (Wildman–Crippen MR) is 399 cm³/mol. The van der Waals surface area contributed by atoms with Crippen LogP contribution in [0, 0.1) is 0 Å². The highest BCUT2D eigenvalue weighted by Crippen LogP contribution is 2.45. The molecule has 0 amide bonds. The lowest BCUT2D eigenvalue weighted by atomic mass is 10.0. The molecular weight excluding hydrogens is 1280 g/mol. The third kappa shape index (κ3) is 70.4. The lowest BCUT2D eigenvalue weighted by Crippen LogP contribution is -2.30. The van der Waals surface area contributed by atoms with Crippen LogP contribution >= 0.6 is 15.6 Å². The number of carbonyl (C=O) groups excluding carboxylic acids is 4. The minimum atomic E-state index is -4.99. The van der Waals surface area contributed by atoms with E-state index in [1.807, 2.05) is 0 Å². The normalized spacial score (nSPS) is 14.5. The highest BCUT2D eigenvalue weighted by Gasteiger charge is 2.30. The van der Waals surface area contributed by atoms with Crippen molar-refractivity contribution in [1.82, 2.24) is 0 Å². The summed E-state index contributed by atoms with van der Waals surface area (Å²) in [5.41, 5.74) is 0. The van der Waals surface area contributed by atoms with Gasteiger partial charge in [-0.05, 0) is 122 Å². The van der Waals surface area contributed by atoms with Crippen LogP contribution in [0.15, 0.2) is 97.2 Å². The quantitative estimate of drug-likeness (QED) is 0.0169. The van der Waals surface area contributed by atoms with Gasteiger partial charge in [-0.3, -0.25) is 37.3 Å². The average Bonchev–Trinajstić information content (AvgIpc) is 1.06. The molecule has 0 spiro atoms. The van der Waals surface area contributed by atoms with Crippen molar-refractivity contribution in [1.29, 1.82) is 0 Å². The van der Waals surface area contributed by atoms with Gasteiger partial charge in [0.2, 0.25) is 0 Å². The number of phosphoric acid groups is 2. The molecule has 19 heteroatoms. The van der Waals surface area contributed by atoms with Crippen LogP contribution in [-0.2, 0) is 65.4 Å². The van der Waals surface area contributed by atoms with Crippen molar-refractivity contribution in [2.24, 2.45) is 0 Å². The van der Waals surface area contributed by atoms with Crippen LogP contribution in [0.1, 0.15) is 323 Å². The molecule has 0 bridgehead atoms. The maximum atomic E-state index is 13.1. The second-order valence-electron chi connectivity index (χ2n) is 25.6. The van der Waals surface area contributed by atoms with Gasteiger partial charge in [-0.2, -0.15) is 0 Å². The van der Waals surface area contributed by atoms with E-state index in [1.54, 1.807) is 0 Å². The molecule has 0 rings (SSSR count). The summed E-state index contributed by atoms with van der Waals surface area (Å²) in [7, 11) is -9.96. The third-order valence-corrected chi connectivity index (χ3v) is 17.9. The third-order valence-electron chi connectivity index (χ3n) is 16.0. The van der Waals surface area contributed by atoms with E-state index >= 15 is 0 Å². The first kappa shape index (κ1) is 94.0. The fraction of sp³-hybridized carbons (Fsp3) is 0.747. The summed E-state index contributed by atoms with van der Waals surface area (Å²) in [5, 5.41) is 10.6. The summed E-state index contributed by atoms with van der Waals surface area (Å²) < 4.78 is 68.4. The largest absolute Gasteiger partial charge is 0.472 e. The monoisotopic (exact) mass is 1420 g/mol. The van der Waals surface area contributed by atoms with Gasteiger partial charge in [0.05, 0.1) is 26.4 Å². The number of carbonyl (C=O) groups is 4. The van der Waals surface area contributed by atoms with E-state index in [0.29, 0.717) is 32.1 Å². The zero-order valence-electron chi connectivity index (χ0n) is 61.7. The fourth-order valence-corrected chi connectivity index (χ4v) is 11.7. The molecule has 0 aromatic heterocycles. The van der Waals surface area contributed by atoms with Crippen molar-refractivity contribution < 1.29 is 80.2 Å². The Morgan fingerprint density at radius 1 is 0.296 bits per heavy atom. The van der Waals surface area contributed by atoms with E-state index in [0.717, 1.165) is 148 Å². The summed E-state index contributed by atoms with van der Waals surface area (Å²) >= 11 is 0. The fourth-order valence-electron chi connectivity index (χ4n) is 10.1. The molecule has 5 unspecified atom stereocenters. The second kappa shape index (κ2) is 71.4. The first-order valence-electron chi connectivity index (χ1n) is 38.5. The van der Waals surface area contributed by atoms with Gasteiger partial charge >= 0.3 is 39.5 Å². The maximum Gasteiger partial charge on any atom is 0.472 e. The number of phosphoric ester groups is 2. The first-order valence-corrected chi connectivity index (χ1v) is 41.5. The van der Waals surface area contributed by atoms with Gasteiger partial charge in [0, 0.05) is 25.7 Å². The van der Waals surface area contributed by atoms with E-state index in [4.69, 9.17) is 37.0 Å². The number of allylic oxidation sites excluding steroid dienone is 16. The van der Waals surface area contributed by atoms with E-state index in [-0.39, 0.29) is 25.7 Å². The number of unbranched alkanes of at least 4 members (excludes halogenated alkanes) is 30. The lowest BCUT2D eigenvalue weighted by molar-refractivity contribution is -0.161. The van der Waals surface area contributed by atoms with Crippen LogP contribution in [0.3, 0.4) is 0 Å². The Morgan fingerprint density at radius 2 is 0.541 bits per heavy atom. The Labute approximate surface area is 595 Å². The highest BCUT2D eigenvalue weighted by molar-refractivity contribution is 7.47. The van der Waals surface area contributed by atoms with Crippen LogP contribution in [-0.4, -0.2) is 96.7 Å². The molecule has 0 aromatic carbocycles. The molecule has 0 aliphatic carbocycles. The summed E-state index contributed by atoms with van der Waals surface area (Å²) in [5.74, 6) is -2.23. The van der Waals surface area contributed by atoms with E-state index < -0.39 is 97.5 Å². The van der Waals surface area contributed by atoms with Crippen LogP contribution in [0.5, 0.6) is 0 Å². The van der Waals surface area contributed by atoms with Crippen molar-refractivity contribution in [2.75, 3.05) is 39.6 Å². The molecule has 0 saturated carbocycles. The predicted octanol–water partition coefficient (Wildman–Crippen LogP) is 22.0. The van der Waals surface area contributed by atoms with E-state index in [9.17, 15) is 43.2 Å². The molecule has 3 N–H and O–H groups in total. The molecular formula is C79H138O17P2. The highest BCUT2D eigenvalue weighted by atomic mass is 31.2. The summed E-state index contributed by atoms with van der Waals surface area (Å²) in [4.78, 5) is 72.8. The van der Waals surface area contributed by atoms with Gasteiger partial charge in [-0.15, -0.1) is 0 Å².